The second-order valence-electron chi connectivity index (χ2n) is 7.69. The van der Waals surface area contributed by atoms with Gasteiger partial charge in [0.2, 0.25) is 5.91 Å². The second kappa shape index (κ2) is 10.4. The highest BCUT2D eigenvalue weighted by molar-refractivity contribution is 9.10. The molecule has 0 radical (unpaired) electrons. The molecule has 7 nitrogen and oxygen atoms in total. The summed E-state index contributed by atoms with van der Waals surface area (Å²) < 4.78 is 11.4. The van der Waals surface area contributed by atoms with E-state index in [4.69, 9.17) is 9.47 Å². The van der Waals surface area contributed by atoms with Crippen molar-refractivity contribution in [3.05, 3.63) is 94.5 Å². The standard InChI is InChI=1S/C26H20BrNO6/c27-20-8-10-21(11-9-20)28-15-19(14-24(28)30)25(31)33-16-23(29)17-6-12-22(13-7-17)34-26(32)18-4-2-1-3-5-18/h1-13,19H,14-16H2/t19-/m1/s1. The van der Waals surface area contributed by atoms with Crippen molar-refractivity contribution < 1.29 is 28.7 Å². The second-order valence-corrected chi connectivity index (χ2v) is 8.61. The third kappa shape index (κ3) is 5.58. The summed E-state index contributed by atoms with van der Waals surface area (Å²) in [5.41, 5.74) is 1.43. The van der Waals surface area contributed by atoms with Crippen molar-refractivity contribution in [1.82, 2.24) is 0 Å². The molecule has 4 rings (SSSR count). The average Bonchev–Trinajstić information content (AvgIpc) is 3.25. The Kier molecular flexibility index (Phi) is 7.18. The molecule has 0 spiro atoms. The third-order valence-electron chi connectivity index (χ3n) is 5.34. The normalized spacial score (nSPS) is 15.1. The number of esters is 2. The Morgan fingerprint density at radius 2 is 1.56 bits per heavy atom. The zero-order valence-corrected chi connectivity index (χ0v) is 19.6. The molecule has 34 heavy (non-hydrogen) atoms. The van der Waals surface area contributed by atoms with Gasteiger partial charge in [-0.1, -0.05) is 34.1 Å². The minimum Gasteiger partial charge on any atom is -0.457 e. The van der Waals surface area contributed by atoms with Gasteiger partial charge in [-0.2, -0.15) is 0 Å². The van der Waals surface area contributed by atoms with E-state index in [0.717, 1.165) is 4.47 Å². The van der Waals surface area contributed by atoms with E-state index in [9.17, 15) is 19.2 Å². The predicted octanol–water partition coefficient (Wildman–Crippen LogP) is 4.45. The molecule has 0 aliphatic carbocycles. The third-order valence-corrected chi connectivity index (χ3v) is 5.87. The van der Waals surface area contributed by atoms with Gasteiger partial charge in [0.1, 0.15) is 5.75 Å². The fraction of sp³-hybridized carbons (Fsp3) is 0.154. The van der Waals surface area contributed by atoms with Gasteiger partial charge in [-0.25, -0.2) is 4.79 Å². The molecule has 1 atom stereocenters. The van der Waals surface area contributed by atoms with Gasteiger partial charge in [-0.05, 0) is 60.7 Å². The van der Waals surface area contributed by atoms with Crippen molar-refractivity contribution in [2.24, 2.45) is 5.92 Å². The van der Waals surface area contributed by atoms with Gasteiger partial charge in [0.25, 0.3) is 0 Å². The number of anilines is 1. The summed E-state index contributed by atoms with van der Waals surface area (Å²) in [6.07, 6.45) is 0.0323. The maximum absolute atomic E-state index is 12.4. The van der Waals surface area contributed by atoms with Crippen LogP contribution in [0.3, 0.4) is 0 Å². The molecule has 0 unspecified atom stereocenters. The Labute approximate surface area is 204 Å². The van der Waals surface area contributed by atoms with Crippen molar-refractivity contribution in [3.8, 4) is 5.75 Å². The molecule has 0 saturated carbocycles. The molecular formula is C26H20BrNO6. The Balaban J connectivity index is 1.28. The molecule has 172 valence electrons. The highest BCUT2D eigenvalue weighted by Crippen LogP contribution is 2.27. The van der Waals surface area contributed by atoms with Crippen LogP contribution in [0.2, 0.25) is 0 Å². The maximum atomic E-state index is 12.4. The van der Waals surface area contributed by atoms with Crippen molar-refractivity contribution in [1.29, 1.82) is 0 Å². The topological polar surface area (TPSA) is 90.0 Å². The van der Waals surface area contributed by atoms with Gasteiger partial charge in [-0.3, -0.25) is 14.4 Å². The first-order valence-corrected chi connectivity index (χ1v) is 11.3. The van der Waals surface area contributed by atoms with Gasteiger partial charge in [0.15, 0.2) is 12.4 Å². The summed E-state index contributed by atoms with van der Waals surface area (Å²) in [6.45, 7) is -0.236. The molecule has 1 amide bonds. The van der Waals surface area contributed by atoms with E-state index < -0.39 is 30.2 Å². The molecule has 8 heteroatoms. The number of hydrogen-bond donors (Lipinski definition) is 0. The molecule has 1 aliphatic rings. The lowest BCUT2D eigenvalue weighted by Gasteiger charge is -2.16. The van der Waals surface area contributed by atoms with E-state index >= 15 is 0 Å². The lowest BCUT2D eigenvalue weighted by atomic mass is 10.1. The maximum Gasteiger partial charge on any atom is 0.343 e. The average molecular weight is 522 g/mol. The number of rotatable bonds is 7. The number of carbonyl (C=O) groups is 4. The smallest absolute Gasteiger partial charge is 0.343 e. The molecule has 1 heterocycles. The lowest BCUT2D eigenvalue weighted by Crippen LogP contribution is -2.27. The van der Waals surface area contributed by atoms with Crippen LogP contribution in [0, 0.1) is 5.92 Å². The molecule has 1 saturated heterocycles. The fourth-order valence-electron chi connectivity index (χ4n) is 3.52. The van der Waals surface area contributed by atoms with Crippen molar-refractivity contribution >= 4 is 45.2 Å². The van der Waals surface area contributed by atoms with E-state index in [2.05, 4.69) is 15.9 Å². The van der Waals surface area contributed by atoms with Crippen molar-refractivity contribution in [3.63, 3.8) is 0 Å². The fourth-order valence-corrected chi connectivity index (χ4v) is 3.79. The molecule has 1 fully saturated rings. The number of nitrogens with zero attached hydrogens (tertiary/aromatic N) is 1. The highest BCUT2D eigenvalue weighted by Gasteiger charge is 2.36. The summed E-state index contributed by atoms with van der Waals surface area (Å²) in [6, 6.07) is 21.8. The number of ether oxygens (including phenoxy) is 2. The van der Waals surface area contributed by atoms with Crippen LogP contribution in [0.1, 0.15) is 27.1 Å². The predicted molar refractivity (Wildman–Crippen MR) is 128 cm³/mol. The van der Waals surface area contributed by atoms with Gasteiger partial charge < -0.3 is 14.4 Å². The Hall–Kier alpha value is -3.78. The zero-order valence-electron chi connectivity index (χ0n) is 18.0. The van der Waals surface area contributed by atoms with Crippen LogP contribution in [-0.4, -0.2) is 36.8 Å². The number of Topliss-reactive ketones (excluding diaryl/α,β-unsaturated/α-hetero) is 1. The largest absolute Gasteiger partial charge is 0.457 e. The van der Waals surface area contributed by atoms with Gasteiger partial charge in [0, 0.05) is 28.7 Å². The van der Waals surface area contributed by atoms with E-state index in [0.29, 0.717) is 22.6 Å². The first kappa shape index (κ1) is 23.4. The van der Waals surface area contributed by atoms with Crippen LogP contribution in [0.25, 0.3) is 0 Å². The molecule has 1 aliphatic heterocycles. The van der Waals surface area contributed by atoms with E-state index in [1.165, 1.54) is 29.2 Å². The van der Waals surface area contributed by atoms with E-state index in [-0.39, 0.29) is 18.9 Å². The Bertz CT molecular complexity index is 1210. The summed E-state index contributed by atoms with van der Waals surface area (Å²) >= 11 is 3.35. The summed E-state index contributed by atoms with van der Waals surface area (Å²) in [4.78, 5) is 50.9. The summed E-state index contributed by atoms with van der Waals surface area (Å²) in [7, 11) is 0. The van der Waals surface area contributed by atoms with Gasteiger partial charge in [-0.15, -0.1) is 0 Å². The minimum atomic E-state index is -0.635. The Morgan fingerprint density at radius 3 is 2.24 bits per heavy atom. The minimum absolute atomic E-state index is 0.0323. The number of halogens is 1. The molecule has 0 bridgehead atoms. The SMILES string of the molecule is O=C(COC(=O)[C@@H]1CC(=O)N(c2ccc(Br)cc2)C1)c1ccc(OC(=O)c2ccccc2)cc1. The molecule has 3 aromatic carbocycles. The van der Waals surface area contributed by atoms with Crippen LogP contribution < -0.4 is 9.64 Å². The Morgan fingerprint density at radius 1 is 0.882 bits per heavy atom. The van der Waals surface area contributed by atoms with Gasteiger partial charge in [0.05, 0.1) is 11.5 Å². The number of ketones is 1. The molecule has 0 N–H and O–H groups in total. The molecular weight excluding hydrogens is 502 g/mol. The number of amides is 1. The van der Waals surface area contributed by atoms with Crippen molar-refractivity contribution in [2.45, 2.75) is 6.42 Å². The number of carbonyl (C=O) groups excluding carboxylic acids is 4. The first-order chi connectivity index (χ1) is 16.4. The van der Waals surface area contributed by atoms with E-state index in [1.54, 1.807) is 42.5 Å². The molecule has 3 aromatic rings. The number of benzene rings is 3. The van der Waals surface area contributed by atoms with Crippen LogP contribution in [0.15, 0.2) is 83.3 Å². The lowest BCUT2D eigenvalue weighted by molar-refractivity contribution is -0.147. The van der Waals surface area contributed by atoms with Crippen LogP contribution in [0.5, 0.6) is 5.75 Å². The van der Waals surface area contributed by atoms with E-state index in [1.807, 2.05) is 12.1 Å². The number of hydrogen-bond acceptors (Lipinski definition) is 6. The van der Waals surface area contributed by atoms with Crippen molar-refractivity contribution in [2.75, 3.05) is 18.1 Å². The first-order valence-electron chi connectivity index (χ1n) is 10.5. The highest BCUT2D eigenvalue weighted by atomic mass is 79.9. The molecule has 0 aromatic heterocycles. The van der Waals surface area contributed by atoms with Gasteiger partial charge >= 0.3 is 11.9 Å². The van der Waals surface area contributed by atoms with Crippen LogP contribution in [0.4, 0.5) is 5.69 Å². The summed E-state index contributed by atoms with van der Waals surface area (Å²) in [5.74, 6) is -2.00. The van der Waals surface area contributed by atoms with Crippen LogP contribution >= 0.6 is 15.9 Å². The monoisotopic (exact) mass is 521 g/mol. The quantitative estimate of drug-likeness (QED) is 0.259. The summed E-state index contributed by atoms with van der Waals surface area (Å²) in [5, 5.41) is 0. The van der Waals surface area contributed by atoms with Crippen LogP contribution in [-0.2, 0) is 14.3 Å². The zero-order chi connectivity index (χ0) is 24.1.